The van der Waals surface area contributed by atoms with Crippen molar-refractivity contribution in [3.05, 3.63) is 64.1 Å². The van der Waals surface area contributed by atoms with Crippen molar-refractivity contribution < 1.29 is 17.9 Å². The first-order chi connectivity index (χ1) is 14.3. The molecule has 9 heteroatoms. The molecule has 0 aliphatic carbocycles. The number of morpholine rings is 1. The number of halogens is 1. The Labute approximate surface area is 186 Å². The van der Waals surface area contributed by atoms with Gasteiger partial charge >= 0.3 is 0 Å². The first-order valence-corrected chi connectivity index (χ1v) is 12.3. The summed E-state index contributed by atoms with van der Waals surface area (Å²) in [6, 6.07) is 15.0. The molecule has 0 unspecified atom stereocenters. The maximum absolute atomic E-state index is 12.5. The predicted molar refractivity (Wildman–Crippen MR) is 121 cm³/mol. The van der Waals surface area contributed by atoms with Gasteiger partial charge in [-0.25, -0.2) is 8.42 Å². The van der Waals surface area contributed by atoms with Gasteiger partial charge in [0.25, 0.3) is 0 Å². The SMILES string of the molecule is CS(=O)(=O)N(CC(=O)NCc1cccc(CN2CCOCC2)c1)c1ccccc1Br. The molecule has 2 aromatic rings. The highest BCUT2D eigenvalue weighted by Gasteiger charge is 2.22. The molecule has 1 aliphatic rings. The van der Waals surface area contributed by atoms with Crippen LogP contribution in [0.25, 0.3) is 0 Å². The molecule has 1 heterocycles. The largest absolute Gasteiger partial charge is 0.379 e. The molecule has 1 aliphatic heterocycles. The van der Waals surface area contributed by atoms with Crippen molar-refractivity contribution >= 4 is 37.5 Å². The summed E-state index contributed by atoms with van der Waals surface area (Å²) < 4.78 is 31.6. The molecule has 0 spiro atoms. The van der Waals surface area contributed by atoms with Crippen LogP contribution in [0.1, 0.15) is 11.1 Å². The van der Waals surface area contributed by atoms with Crippen LogP contribution < -0.4 is 9.62 Å². The maximum Gasteiger partial charge on any atom is 0.241 e. The van der Waals surface area contributed by atoms with Gasteiger partial charge < -0.3 is 10.1 Å². The molecule has 1 fully saturated rings. The number of ether oxygens (including phenoxy) is 1. The van der Waals surface area contributed by atoms with Crippen LogP contribution in [-0.2, 0) is 32.6 Å². The van der Waals surface area contributed by atoms with Crippen molar-refractivity contribution in [2.45, 2.75) is 13.1 Å². The fourth-order valence-electron chi connectivity index (χ4n) is 3.28. The minimum absolute atomic E-state index is 0.283. The molecule has 30 heavy (non-hydrogen) atoms. The number of hydrogen-bond acceptors (Lipinski definition) is 5. The van der Waals surface area contributed by atoms with Gasteiger partial charge in [0.15, 0.2) is 0 Å². The van der Waals surface area contributed by atoms with E-state index in [9.17, 15) is 13.2 Å². The molecule has 0 atom stereocenters. The maximum atomic E-state index is 12.5. The van der Waals surface area contributed by atoms with E-state index in [4.69, 9.17) is 4.74 Å². The molecular formula is C21H26BrN3O4S. The molecule has 1 N–H and O–H groups in total. The van der Waals surface area contributed by atoms with E-state index in [-0.39, 0.29) is 12.5 Å². The highest BCUT2D eigenvalue weighted by atomic mass is 79.9. The molecule has 1 amide bonds. The molecule has 0 aromatic heterocycles. The summed E-state index contributed by atoms with van der Waals surface area (Å²) >= 11 is 3.35. The molecular weight excluding hydrogens is 470 g/mol. The smallest absolute Gasteiger partial charge is 0.241 e. The average Bonchev–Trinajstić information content (AvgIpc) is 2.71. The minimum Gasteiger partial charge on any atom is -0.379 e. The van der Waals surface area contributed by atoms with Gasteiger partial charge in [0.05, 0.1) is 25.2 Å². The Kier molecular flexibility index (Phi) is 7.87. The fourth-order valence-corrected chi connectivity index (χ4v) is 4.76. The number of carbonyl (C=O) groups excluding carboxylic acids is 1. The normalized spacial score (nSPS) is 15.0. The van der Waals surface area contributed by atoms with Gasteiger partial charge in [0, 0.05) is 30.7 Å². The Morgan fingerprint density at radius 3 is 2.53 bits per heavy atom. The van der Waals surface area contributed by atoms with E-state index in [2.05, 4.69) is 38.3 Å². The van der Waals surface area contributed by atoms with Crippen LogP contribution in [0.3, 0.4) is 0 Å². The lowest BCUT2D eigenvalue weighted by Gasteiger charge is -2.26. The predicted octanol–water partition coefficient (Wildman–Crippen LogP) is 2.36. The molecule has 0 bridgehead atoms. The van der Waals surface area contributed by atoms with Gasteiger partial charge in [-0.15, -0.1) is 0 Å². The second-order valence-corrected chi connectivity index (χ2v) is 9.97. The lowest BCUT2D eigenvalue weighted by molar-refractivity contribution is -0.119. The summed E-state index contributed by atoms with van der Waals surface area (Å²) in [5.74, 6) is -0.366. The summed E-state index contributed by atoms with van der Waals surface area (Å²) in [5, 5.41) is 2.83. The van der Waals surface area contributed by atoms with E-state index in [0.29, 0.717) is 16.7 Å². The number of rotatable bonds is 8. The number of anilines is 1. The van der Waals surface area contributed by atoms with Crippen LogP contribution in [-0.4, -0.2) is 58.3 Å². The molecule has 0 radical (unpaired) electrons. The summed E-state index contributed by atoms with van der Waals surface area (Å²) in [7, 11) is -3.61. The van der Waals surface area contributed by atoms with E-state index < -0.39 is 10.0 Å². The van der Waals surface area contributed by atoms with Gasteiger partial charge in [-0.05, 0) is 39.2 Å². The first-order valence-electron chi connectivity index (χ1n) is 9.70. The van der Waals surface area contributed by atoms with Crippen molar-refractivity contribution in [1.82, 2.24) is 10.2 Å². The second kappa shape index (κ2) is 10.4. The van der Waals surface area contributed by atoms with Gasteiger partial charge in [-0.2, -0.15) is 0 Å². The molecule has 1 saturated heterocycles. The van der Waals surface area contributed by atoms with Crippen LogP contribution >= 0.6 is 15.9 Å². The number of carbonyl (C=O) groups is 1. The minimum atomic E-state index is -3.61. The molecule has 0 saturated carbocycles. The van der Waals surface area contributed by atoms with Crippen molar-refractivity contribution in [1.29, 1.82) is 0 Å². The zero-order chi connectivity index (χ0) is 21.6. The second-order valence-electron chi connectivity index (χ2n) is 7.21. The fraction of sp³-hybridized carbons (Fsp3) is 0.381. The number of amides is 1. The van der Waals surface area contributed by atoms with Gasteiger partial charge in [0.1, 0.15) is 6.54 Å². The standard InChI is InChI=1S/C21H26BrN3O4S/c1-30(27,28)25(20-8-3-2-7-19(20)22)16-21(26)23-14-17-5-4-6-18(13-17)15-24-9-11-29-12-10-24/h2-8,13H,9-12,14-16H2,1H3,(H,23,26). The Hall–Kier alpha value is -1.94. The van der Waals surface area contributed by atoms with E-state index in [1.165, 1.54) is 5.56 Å². The lowest BCUT2D eigenvalue weighted by atomic mass is 10.1. The average molecular weight is 496 g/mol. The third kappa shape index (κ3) is 6.53. The quantitative estimate of drug-likeness (QED) is 0.607. The van der Waals surface area contributed by atoms with Crippen molar-refractivity contribution in [3.63, 3.8) is 0 Å². The third-order valence-corrected chi connectivity index (χ3v) is 6.60. The van der Waals surface area contributed by atoms with E-state index in [1.54, 1.807) is 24.3 Å². The van der Waals surface area contributed by atoms with Crippen molar-refractivity contribution in [2.24, 2.45) is 0 Å². The molecule has 3 rings (SSSR count). The van der Waals surface area contributed by atoms with E-state index in [0.717, 1.165) is 49.0 Å². The first kappa shape index (κ1) is 22.7. The topological polar surface area (TPSA) is 79.0 Å². The van der Waals surface area contributed by atoms with Crippen LogP contribution in [0.2, 0.25) is 0 Å². The summed E-state index contributed by atoms with van der Waals surface area (Å²) in [6.45, 7) is 4.23. The molecule has 7 nitrogen and oxygen atoms in total. The molecule has 162 valence electrons. The van der Waals surface area contributed by atoms with E-state index >= 15 is 0 Å². The summed E-state index contributed by atoms with van der Waals surface area (Å²) in [5.41, 5.74) is 2.58. The Bertz CT molecular complexity index is 978. The van der Waals surface area contributed by atoms with Crippen LogP contribution in [0.4, 0.5) is 5.69 Å². The zero-order valence-electron chi connectivity index (χ0n) is 16.9. The number of hydrogen-bond donors (Lipinski definition) is 1. The van der Waals surface area contributed by atoms with Gasteiger partial charge in [-0.1, -0.05) is 36.4 Å². The van der Waals surface area contributed by atoms with Crippen molar-refractivity contribution in [3.8, 4) is 0 Å². The Morgan fingerprint density at radius 1 is 1.13 bits per heavy atom. The number of benzene rings is 2. The summed E-state index contributed by atoms with van der Waals surface area (Å²) in [6.07, 6.45) is 1.09. The number of nitrogens with one attached hydrogen (secondary N) is 1. The Morgan fingerprint density at radius 2 is 1.83 bits per heavy atom. The van der Waals surface area contributed by atoms with Crippen molar-refractivity contribution in [2.75, 3.05) is 43.4 Å². The highest BCUT2D eigenvalue weighted by molar-refractivity contribution is 9.10. The van der Waals surface area contributed by atoms with Crippen LogP contribution in [0.5, 0.6) is 0 Å². The molecule has 2 aromatic carbocycles. The number of para-hydroxylation sites is 1. The number of sulfonamides is 1. The number of nitrogens with zero attached hydrogens (tertiary/aromatic N) is 2. The van der Waals surface area contributed by atoms with Crippen LogP contribution in [0, 0.1) is 0 Å². The van der Waals surface area contributed by atoms with Gasteiger partial charge in [0.2, 0.25) is 15.9 Å². The monoisotopic (exact) mass is 495 g/mol. The van der Waals surface area contributed by atoms with E-state index in [1.807, 2.05) is 12.1 Å². The lowest BCUT2D eigenvalue weighted by Crippen LogP contribution is -2.40. The summed E-state index contributed by atoms with van der Waals surface area (Å²) in [4.78, 5) is 14.8. The third-order valence-electron chi connectivity index (χ3n) is 4.80. The Balaban J connectivity index is 1.60. The highest BCUT2D eigenvalue weighted by Crippen LogP contribution is 2.27. The zero-order valence-corrected chi connectivity index (χ0v) is 19.3. The van der Waals surface area contributed by atoms with Crippen LogP contribution in [0.15, 0.2) is 53.0 Å². The van der Waals surface area contributed by atoms with Gasteiger partial charge in [-0.3, -0.25) is 14.0 Å².